The lowest BCUT2D eigenvalue weighted by atomic mass is 9.85. The van der Waals surface area contributed by atoms with E-state index in [1.165, 1.54) is 31.4 Å². The van der Waals surface area contributed by atoms with Gasteiger partial charge in [0.15, 0.2) is 0 Å². The van der Waals surface area contributed by atoms with Crippen LogP contribution in [-0.2, 0) is 16.0 Å². The van der Waals surface area contributed by atoms with E-state index < -0.39 is 5.54 Å². The van der Waals surface area contributed by atoms with Gasteiger partial charge in [0.25, 0.3) is 0 Å². The average molecular weight is 397 g/mol. The number of hydrogen-bond donors (Lipinski definition) is 2. The van der Waals surface area contributed by atoms with E-state index in [9.17, 15) is 14.0 Å². The third-order valence-electron chi connectivity index (χ3n) is 7.93. The first-order valence-electron chi connectivity index (χ1n) is 11.0. The molecule has 5 heteroatoms. The lowest BCUT2D eigenvalue weighted by Crippen LogP contribution is -2.44. The molecule has 3 fully saturated rings. The number of allylic oxidation sites excluding steroid dienone is 2. The van der Waals surface area contributed by atoms with Crippen LogP contribution in [0.1, 0.15) is 50.5 Å². The number of rotatable bonds is 7. The molecule has 4 atom stereocenters. The molecule has 3 aliphatic carbocycles. The Bertz CT molecular complexity index is 845. The highest BCUT2D eigenvalue weighted by molar-refractivity contribution is 5.80. The molecule has 29 heavy (non-hydrogen) atoms. The number of nitrogens with one attached hydrogen (secondary N) is 2. The van der Waals surface area contributed by atoms with E-state index in [0.29, 0.717) is 42.9 Å². The smallest absolute Gasteiger partial charge is 0.220 e. The number of carbonyl (C=O) groups excluding carboxylic acids is 2. The highest BCUT2D eigenvalue weighted by Gasteiger charge is 2.62. The summed E-state index contributed by atoms with van der Waals surface area (Å²) in [6, 6.07) is 6.42. The van der Waals surface area contributed by atoms with Crippen LogP contribution in [0.5, 0.6) is 0 Å². The van der Waals surface area contributed by atoms with Gasteiger partial charge in [0, 0.05) is 24.9 Å². The highest BCUT2D eigenvalue weighted by Crippen LogP contribution is 2.69. The van der Waals surface area contributed by atoms with E-state index in [1.54, 1.807) is 12.1 Å². The molecule has 5 rings (SSSR count). The number of amides is 2. The Morgan fingerprint density at radius 1 is 1.17 bits per heavy atom. The van der Waals surface area contributed by atoms with Gasteiger partial charge in [-0.3, -0.25) is 9.59 Å². The molecule has 4 nitrogen and oxygen atoms in total. The van der Waals surface area contributed by atoms with E-state index in [4.69, 9.17) is 0 Å². The Morgan fingerprint density at radius 3 is 2.62 bits per heavy atom. The van der Waals surface area contributed by atoms with Gasteiger partial charge in [-0.25, -0.2) is 4.39 Å². The second kappa shape index (κ2) is 6.96. The topological polar surface area (TPSA) is 58.2 Å². The highest BCUT2D eigenvalue weighted by atomic mass is 19.1. The first-order valence-corrected chi connectivity index (χ1v) is 11.0. The van der Waals surface area contributed by atoms with E-state index >= 15 is 0 Å². The van der Waals surface area contributed by atoms with Crippen LogP contribution in [0.25, 0.3) is 0 Å². The molecular formula is C24H29FN2O2. The van der Waals surface area contributed by atoms with Crippen molar-refractivity contribution in [2.75, 3.05) is 6.54 Å². The van der Waals surface area contributed by atoms with Gasteiger partial charge in [-0.15, -0.1) is 0 Å². The van der Waals surface area contributed by atoms with Crippen molar-refractivity contribution >= 4 is 11.8 Å². The number of benzene rings is 1. The molecule has 2 bridgehead atoms. The minimum atomic E-state index is -0.403. The van der Waals surface area contributed by atoms with Gasteiger partial charge in [-0.05, 0) is 79.4 Å². The molecule has 1 aromatic rings. The van der Waals surface area contributed by atoms with E-state index in [0.717, 1.165) is 24.4 Å². The second-order valence-electron chi connectivity index (χ2n) is 9.68. The Kier molecular flexibility index (Phi) is 4.52. The van der Waals surface area contributed by atoms with Crippen molar-refractivity contribution in [3.63, 3.8) is 0 Å². The third kappa shape index (κ3) is 3.49. The SMILES string of the molecule is O=C(CC[C@@]1(Cc2ccc(F)cc2)CCC(=O)N1)NC[C@@H]1C[C@@H]2C=C[C@@H]1C21CC1. The van der Waals surface area contributed by atoms with Crippen LogP contribution in [0.4, 0.5) is 4.39 Å². The van der Waals surface area contributed by atoms with Gasteiger partial charge < -0.3 is 10.6 Å². The maximum absolute atomic E-state index is 13.2. The van der Waals surface area contributed by atoms with Crippen molar-refractivity contribution in [1.82, 2.24) is 10.6 Å². The standard InChI is InChI=1S/C24H29FN2O2/c25-19-4-1-16(2-5-19)14-23(10-8-22(29)27-23)9-7-21(28)26-15-17-13-18-3-6-20(17)24(18)11-12-24/h1-6,17-18,20H,7-15H2,(H,26,28)(H,27,29)/t17-,18-,20-,23-/m0/s1. The maximum Gasteiger partial charge on any atom is 0.220 e. The molecule has 0 unspecified atom stereocenters. The monoisotopic (exact) mass is 396 g/mol. The molecular weight excluding hydrogens is 367 g/mol. The van der Waals surface area contributed by atoms with Gasteiger partial charge >= 0.3 is 0 Å². The first kappa shape index (κ1) is 18.8. The van der Waals surface area contributed by atoms with Gasteiger partial charge in [-0.1, -0.05) is 24.3 Å². The number of carbonyl (C=O) groups is 2. The zero-order valence-electron chi connectivity index (χ0n) is 16.8. The Balaban J connectivity index is 1.15. The molecule has 2 amide bonds. The van der Waals surface area contributed by atoms with Crippen molar-refractivity contribution in [2.45, 2.75) is 56.9 Å². The lowest BCUT2D eigenvalue weighted by molar-refractivity contribution is -0.123. The van der Waals surface area contributed by atoms with Crippen molar-refractivity contribution in [1.29, 1.82) is 0 Å². The summed E-state index contributed by atoms with van der Waals surface area (Å²) in [5.41, 5.74) is 1.14. The molecule has 0 aromatic heterocycles. The van der Waals surface area contributed by atoms with Crippen LogP contribution >= 0.6 is 0 Å². The summed E-state index contributed by atoms with van der Waals surface area (Å²) in [7, 11) is 0. The van der Waals surface area contributed by atoms with Crippen molar-refractivity contribution in [3.05, 3.63) is 47.8 Å². The molecule has 4 aliphatic rings. The summed E-state index contributed by atoms with van der Waals surface area (Å²) in [4.78, 5) is 24.5. The van der Waals surface area contributed by atoms with Crippen LogP contribution < -0.4 is 10.6 Å². The average Bonchev–Trinajstić information content (AvgIpc) is 3.24. The van der Waals surface area contributed by atoms with Crippen LogP contribution in [0, 0.1) is 29.0 Å². The van der Waals surface area contributed by atoms with Crippen LogP contribution in [0.3, 0.4) is 0 Å². The third-order valence-corrected chi connectivity index (χ3v) is 7.93. The molecule has 154 valence electrons. The largest absolute Gasteiger partial charge is 0.356 e. The number of halogens is 1. The van der Waals surface area contributed by atoms with Gasteiger partial charge in [-0.2, -0.15) is 0 Å². The van der Waals surface area contributed by atoms with Crippen LogP contribution in [-0.4, -0.2) is 23.9 Å². The zero-order chi connectivity index (χ0) is 20.1. The summed E-state index contributed by atoms with van der Waals surface area (Å²) in [6.07, 6.45) is 11.6. The fourth-order valence-electron chi connectivity index (χ4n) is 6.22. The van der Waals surface area contributed by atoms with Crippen LogP contribution in [0.15, 0.2) is 36.4 Å². The normalized spacial score (nSPS) is 33.3. The Morgan fingerprint density at radius 2 is 1.97 bits per heavy atom. The van der Waals surface area contributed by atoms with Crippen molar-refractivity contribution in [2.24, 2.45) is 23.2 Å². The molecule has 1 spiro atoms. The van der Waals surface area contributed by atoms with E-state index in [1.807, 2.05) is 0 Å². The predicted molar refractivity (Wildman–Crippen MR) is 108 cm³/mol. The fourth-order valence-corrected chi connectivity index (χ4v) is 6.22. The van der Waals surface area contributed by atoms with Gasteiger partial charge in [0.1, 0.15) is 5.82 Å². The lowest BCUT2D eigenvalue weighted by Gasteiger charge is -2.29. The van der Waals surface area contributed by atoms with E-state index in [2.05, 4.69) is 22.8 Å². The predicted octanol–water partition coefficient (Wildman–Crippen LogP) is 3.52. The van der Waals surface area contributed by atoms with Crippen molar-refractivity contribution < 1.29 is 14.0 Å². The minimum absolute atomic E-state index is 0.0380. The Labute approximate surface area is 171 Å². The number of hydrogen-bond acceptors (Lipinski definition) is 2. The zero-order valence-corrected chi connectivity index (χ0v) is 16.8. The second-order valence-corrected chi connectivity index (χ2v) is 9.68. The molecule has 2 N–H and O–H groups in total. The summed E-state index contributed by atoms with van der Waals surface area (Å²) in [5, 5.41) is 6.27. The molecule has 1 aromatic carbocycles. The summed E-state index contributed by atoms with van der Waals surface area (Å²) in [6.45, 7) is 0.767. The molecule has 1 heterocycles. The minimum Gasteiger partial charge on any atom is -0.356 e. The molecule has 2 saturated carbocycles. The summed E-state index contributed by atoms with van der Waals surface area (Å²) in [5.74, 6) is 1.82. The van der Waals surface area contributed by atoms with Gasteiger partial charge in [0.2, 0.25) is 11.8 Å². The first-order chi connectivity index (χ1) is 14.0. The summed E-state index contributed by atoms with van der Waals surface area (Å²) < 4.78 is 13.2. The van der Waals surface area contributed by atoms with E-state index in [-0.39, 0.29) is 17.6 Å². The quantitative estimate of drug-likeness (QED) is 0.693. The fraction of sp³-hybridized carbons (Fsp3) is 0.583. The summed E-state index contributed by atoms with van der Waals surface area (Å²) >= 11 is 0. The van der Waals surface area contributed by atoms with Crippen molar-refractivity contribution in [3.8, 4) is 0 Å². The Hall–Kier alpha value is -2.17. The maximum atomic E-state index is 13.2. The molecule has 1 aliphatic heterocycles. The van der Waals surface area contributed by atoms with Crippen LogP contribution in [0.2, 0.25) is 0 Å². The van der Waals surface area contributed by atoms with Gasteiger partial charge in [0.05, 0.1) is 0 Å². The molecule has 0 radical (unpaired) electrons. The molecule has 1 saturated heterocycles.